The van der Waals surface area contributed by atoms with E-state index < -0.39 is 5.91 Å². The Bertz CT molecular complexity index is 502. The molecule has 1 atom stereocenters. The maximum atomic E-state index is 12.1. The first kappa shape index (κ1) is 14.4. The van der Waals surface area contributed by atoms with Crippen molar-refractivity contribution in [1.82, 2.24) is 10.2 Å². The number of rotatable bonds is 3. The summed E-state index contributed by atoms with van der Waals surface area (Å²) in [6, 6.07) is 7.27. The highest BCUT2D eigenvalue weighted by atomic mass is 16.2. The first-order valence-corrected chi connectivity index (χ1v) is 7.01. The average Bonchev–Trinajstić information content (AvgIpc) is 2.45. The zero-order valence-electron chi connectivity index (χ0n) is 11.8. The van der Waals surface area contributed by atoms with Crippen LogP contribution in [0, 0.1) is 0 Å². The Balaban J connectivity index is 1.92. The van der Waals surface area contributed by atoms with Crippen LogP contribution in [0.5, 0.6) is 0 Å². The van der Waals surface area contributed by atoms with Crippen LogP contribution < -0.4 is 11.1 Å². The van der Waals surface area contributed by atoms with Gasteiger partial charge in [0.2, 0.25) is 5.91 Å². The summed E-state index contributed by atoms with van der Waals surface area (Å²) in [6.07, 6.45) is 3.31. The minimum Gasteiger partial charge on any atom is -0.366 e. The average molecular weight is 275 g/mol. The van der Waals surface area contributed by atoms with Gasteiger partial charge in [0.25, 0.3) is 0 Å². The number of benzene rings is 1. The summed E-state index contributed by atoms with van der Waals surface area (Å²) in [6.45, 7) is 3.30. The van der Waals surface area contributed by atoms with E-state index in [4.69, 9.17) is 5.73 Å². The van der Waals surface area contributed by atoms with Gasteiger partial charge in [0.05, 0.1) is 0 Å². The van der Waals surface area contributed by atoms with E-state index in [1.807, 2.05) is 11.0 Å². The molecule has 0 radical (unpaired) electrons. The Morgan fingerprint density at radius 3 is 2.90 bits per heavy atom. The van der Waals surface area contributed by atoms with Crippen LogP contribution in [-0.2, 0) is 6.54 Å². The highest BCUT2D eigenvalue weighted by Gasteiger charge is 2.22. The van der Waals surface area contributed by atoms with E-state index in [9.17, 15) is 9.59 Å². The highest BCUT2D eigenvalue weighted by molar-refractivity contribution is 5.92. The number of carbonyl (C=O) groups excluding carboxylic acids is 2. The number of hydrogen-bond acceptors (Lipinski definition) is 2. The quantitative estimate of drug-likeness (QED) is 0.883. The van der Waals surface area contributed by atoms with Gasteiger partial charge in [-0.25, -0.2) is 4.79 Å². The monoisotopic (exact) mass is 275 g/mol. The van der Waals surface area contributed by atoms with Crippen molar-refractivity contribution in [2.75, 3.05) is 6.54 Å². The standard InChI is InChI=1S/C15H21N3O2/c1-11-5-2-3-8-18(11)15(20)17-10-12-6-4-7-13(9-12)14(16)19/h4,6-7,9,11H,2-3,5,8,10H2,1H3,(H2,16,19)(H,17,20). The van der Waals surface area contributed by atoms with E-state index >= 15 is 0 Å². The molecule has 0 bridgehead atoms. The molecule has 0 aliphatic carbocycles. The molecule has 1 unspecified atom stereocenters. The molecule has 2 rings (SSSR count). The molecule has 1 aromatic rings. The van der Waals surface area contributed by atoms with E-state index in [-0.39, 0.29) is 6.03 Å². The lowest BCUT2D eigenvalue weighted by Crippen LogP contribution is -2.47. The van der Waals surface area contributed by atoms with Gasteiger partial charge in [-0.15, -0.1) is 0 Å². The third-order valence-electron chi connectivity index (χ3n) is 3.72. The molecule has 0 spiro atoms. The molecule has 1 aliphatic heterocycles. The van der Waals surface area contributed by atoms with E-state index in [0.717, 1.165) is 24.9 Å². The molecule has 0 aromatic heterocycles. The van der Waals surface area contributed by atoms with Gasteiger partial charge in [-0.05, 0) is 43.9 Å². The van der Waals surface area contributed by atoms with E-state index in [1.165, 1.54) is 6.42 Å². The number of amides is 3. The van der Waals surface area contributed by atoms with Crippen molar-refractivity contribution in [3.63, 3.8) is 0 Å². The molecule has 108 valence electrons. The van der Waals surface area contributed by atoms with Crippen molar-refractivity contribution in [1.29, 1.82) is 0 Å². The summed E-state index contributed by atoms with van der Waals surface area (Å²) < 4.78 is 0. The minimum atomic E-state index is -0.456. The number of nitrogens with one attached hydrogen (secondary N) is 1. The Hall–Kier alpha value is -2.04. The normalized spacial score (nSPS) is 18.6. The zero-order valence-corrected chi connectivity index (χ0v) is 11.8. The summed E-state index contributed by atoms with van der Waals surface area (Å²) in [5.41, 5.74) is 6.57. The van der Waals surface area contributed by atoms with Crippen LogP contribution in [0.1, 0.15) is 42.1 Å². The topological polar surface area (TPSA) is 75.4 Å². The molecule has 3 amide bonds. The number of piperidine rings is 1. The van der Waals surface area contributed by atoms with Gasteiger partial charge in [-0.1, -0.05) is 12.1 Å². The molecular weight excluding hydrogens is 254 g/mol. The number of nitrogens with zero attached hydrogens (tertiary/aromatic N) is 1. The number of carbonyl (C=O) groups is 2. The van der Waals surface area contributed by atoms with Gasteiger partial charge in [0, 0.05) is 24.7 Å². The summed E-state index contributed by atoms with van der Waals surface area (Å²) in [7, 11) is 0. The van der Waals surface area contributed by atoms with Gasteiger partial charge in [0.15, 0.2) is 0 Å². The number of hydrogen-bond donors (Lipinski definition) is 2. The van der Waals surface area contributed by atoms with E-state index in [1.54, 1.807) is 18.2 Å². The maximum Gasteiger partial charge on any atom is 0.317 e. The van der Waals surface area contributed by atoms with Crippen molar-refractivity contribution < 1.29 is 9.59 Å². The second-order valence-corrected chi connectivity index (χ2v) is 5.26. The predicted octanol–water partition coefficient (Wildman–Crippen LogP) is 1.87. The third-order valence-corrected chi connectivity index (χ3v) is 3.72. The molecule has 0 saturated carbocycles. The Labute approximate surface area is 119 Å². The van der Waals surface area contributed by atoms with Gasteiger partial charge in [0.1, 0.15) is 0 Å². The van der Waals surface area contributed by atoms with Crippen LogP contribution in [0.15, 0.2) is 24.3 Å². The molecule has 1 saturated heterocycles. The molecule has 5 nitrogen and oxygen atoms in total. The molecule has 20 heavy (non-hydrogen) atoms. The molecule has 3 N–H and O–H groups in total. The minimum absolute atomic E-state index is 0.0401. The Morgan fingerprint density at radius 1 is 1.40 bits per heavy atom. The Kier molecular flexibility index (Phi) is 4.61. The number of urea groups is 1. The van der Waals surface area contributed by atoms with Crippen LogP contribution >= 0.6 is 0 Å². The van der Waals surface area contributed by atoms with Crippen molar-refractivity contribution >= 4 is 11.9 Å². The fraction of sp³-hybridized carbons (Fsp3) is 0.467. The van der Waals surface area contributed by atoms with Gasteiger partial charge in [-0.2, -0.15) is 0 Å². The fourth-order valence-corrected chi connectivity index (χ4v) is 2.51. The lowest BCUT2D eigenvalue weighted by atomic mass is 10.0. The molecule has 5 heteroatoms. The highest BCUT2D eigenvalue weighted by Crippen LogP contribution is 2.16. The number of likely N-dealkylation sites (tertiary alicyclic amines) is 1. The van der Waals surface area contributed by atoms with Crippen LogP contribution in [0.25, 0.3) is 0 Å². The summed E-state index contributed by atoms with van der Waals surface area (Å²) >= 11 is 0. The molecular formula is C15H21N3O2. The zero-order chi connectivity index (χ0) is 14.5. The van der Waals surface area contributed by atoms with Crippen molar-refractivity contribution in [2.24, 2.45) is 5.73 Å². The van der Waals surface area contributed by atoms with Gasteiger partial charge in [-0.3, -0.25) is 4.79 Å². The molecule has 1 heterocycles. The van der Waals surface area contributed by atoms with Crippen LogP contribution in [0.3, 0.4) is 0 Å². The second kappa shape index (κ2) is 6.41. The summed E-state index contributed by atoms with van der Waals surface area (Å²) in [5, 5.41) is 2.90. The lowest BCUT2D eigenvalue weighted by molar-refractivity contribution is 0.1000. The first-order chi connectivity index (χ1) is 9.58. The van der Waals surface area contributed by atoms with Crippen molar-refractivity contribution in [3.05, 3.63) is 35.4 Å². The first-order valence-electron chi connectivity index (χ1n) is 7.01. The smallest absolute Gasteiger partial charge is 0.317 e. The van der Waals surface area contributed by atoms with Crippen LogP contribution in [0.4, 0.5) is 4.79 Å². The van der Waals surface area contributed by atoms with Crippen LogP contribution in [-0.4, -0.2) is 29.4 Å². The lowest BCUT2D eigenvalue weighted by Gasteiger charge is -2.33. The molecule has 1 fully saturated rings. The predicted molar refractivity (Wildman–Crippen MR) is 77.2 cm³/mol. The number of nitrogens with two attached hydrogens (primary N) is 1. The largest absolute Gasteiger partial charge is 0.366 e. The van der Waals surface area contributed by atoms with Crippen molar-refractivity contribution in [3.8, 4) is 0 Å². The number of primary amides is 1. The molecule has 1 aliphatic rings. The third kappa shape index (κ3) is 3.50. The summed E-state index contributed by atoms with van der Waals surface area (Å²) in [5.74, 6) is -0.456. The summed E-state index contributed by atoms with van der Waals surface area (Å²) in [4.78, 5) is 25.1. The van der Waals surface area contributed by atoms with Gasteiger partial charge >= 0.3 is 6.03 Å². The molecule has 1 aromatic carbocycles. The van der Waals surface area contributed by atoms with Gasteiger partial charge < -0.3 is 16.0 Å². The van der Waals surface area contributed by atoms with E-state index in [2.05, 4.69) is 12.2 Å². The fourth-order valence-electron chi connectivity index (χ4n) is 2.51. The van der Waals surface area contributed by atoms with Crippen LogP contribution in [0.2, 0.25) is 0 Å². The van der Waals surface area contributed by atoms with E-state index in [0.29, 0.717) is 18.2 Å². The second-order valence-electron chi connectivity index (χ2n) is 5.26. The maximum absolute atomic E-state index is 12.1. The Morgan fingerprint density at radius 2 is 2.20 bits per heavy atom. The SMILES string of the molecule is CC1CCCCN1C(=O)NCc1cccc(C(N)=O)c1. The van der Waals surface area contributed by atoms with Crippen molar-refractivity contribution in [2.45, 2.75) is 38.8 Å².